The van der Waals surface area contributed by atoms with Gasteiger partial charge in [0.15, 0.2) is 17.3 Å². The number of nitrogens with zero attached hydrogens (tertiary/aromatic N) is 1. The van der Waals surface area contributed by atoms with Gasteiger partial charge < -0.3 is 9.47 Å². The predicted octanol–water partition coefficient (Wildman–Crippen LogP) is 3.55. The Hall–Kier alpha value is -2.33. The summed E-state index contributed by atoms with van der Waals surface area (Å²) in [5, 5.41) is 0. The number of rotatable bonds is 6. The summed E-state index contributed by atoms with van der Waals surface area (Å²) in [5.41, 5.74) is 1.96. The molecule has 24 heavy (non-hydrogen) atoms. The van der Waals surface area contributed by atoms with Gasteiger partial charge in [0, 0.05) is 25.2 Å². The van der Waals surface area contributed by atoms with Gasteiger partial charge in [-0.3, -0.25) is 9.69 Å². The summed E-state index contributed by atoms with van der Waals surface area (Å²) in [6.45, 7) is 4.41. The molecule has 1 aliphatic heterocycles. The van der Waals surface area contributed by atoms with E-state index in [9.17, 15) is 4.79 Å². The maximum Gasteiger partial charge on any atom is 0.161 e. The van der Waals surface area contributed by atoms with Gasteiger partial charge in [0.25, 0.3) is 0 Å². The second-order valence-corrected chi connectivity index (χ2v) is 6.17. The average molecular weight is 325 g/mol. The number of ether oxygens (including phenoxy) is 2. The van der Waals surface area contributed by atoms with Crippen molar-refractivity contribution in [2.45, 2.75) is 26.0 Å². The largest absolute Gasteiger partial charge is 0.493 e. The van der Waals surface area contributed by atoms with Crippen molar-refractivity contribution in [2.24, 2.45) is 0 Å². The second kappa shape index (κ2) is 7.49. The Kier molecular flexibility index (Phi) is 5.16. The molecule has 1 aliphatic rings. The third-order valence-corrected chi connectivity index (χ3v) is 4.34. The predicted molar refractivity (Wildman–Crippen MR) is 93.8 cm³/mol. The van der Waals surface area contributed by atoms with E-state index in [-0.39, 0.29) is 11.9 Å². The number of hydrogen-bond donors (Lipinski definition) is 0. The molecule has 0 saturated carbocycles. The van der Waals surface area contributed by atoms with Crippen LogP contribution >= 0.6 is 0 Å². The Morgan fingerprint density at radius 3 is 2.67 bits per heavy atom. The van der Waals surface area contributed by atoms with Gasteiger partial charge in [-0.05, 0) is 37.1 Å². The highest BCUT2D eigenvalue weighted by molar-refractivity contribution is 5.94. The first-order valence-corrected chi connectivity index (χ1v) is 8.27. The van der Waals surface area contributed by atoms with E-state index in [1.54, 1.807) is 26.2 Å². The van der Waals surface area contributed by atoms with Crippen LogP contribution in [0.4, 0.5) is 0 Å². The molecule has 1 atom stereocenters. The fraction of sp³-hybridized carbons (Fsp3) is 0.350. The quantitative estimate of drug-likeness (QED) is 0.761. The first-order valence-electron chi connectivity index (χ1n) is 8.27. The van der Waals surface area contributed by atoms with Crippen LogP contribution in [0.3, 0.4) is 0 Å². The van der Waals surface area contributed by atoms with Gasteiger partial charge in [0.2, 0.25) is 0 Å². The summed E-state index contributed by atoms with van der Waals surface area (Å²) in [6, 6.07) is 15.8. The van der Waals surface area contributed by atoms with Crippen molar-refractivity contribution in [2.75, 3.05) is 20.2 Å². The molecule has 0 aliphatic carbocycles. The van der Waals surface area contributed by atoms with Crippen molar-refractivity contribution in [3.05, 3.63) is 59.7 Å². The molecule has 0 aromatic heterocycles. The number of hydrogen-bond acceptors (Lipinski definition) is 4. The van der Waals surface area contributed by atoms with Gasteiger partial charge >= 0.3 is 0 Å². The molecule has 4 heteroatoms. The minimum absolute atomic E-state index is 0.0229. The molecule has 0 spiro atoms. The van der Waals surface area contributed by atoms with Crippen molar-refractivity contribution in [3.63, 3.8) is 0 Å². The van der Waals surface area contributed by atoms with Crippen molar-refractivity contribution in [3.8, 4) is 11.5 Å². The summed E-state index contributed by atoms with van der Waals surface area (Å²) >= 11 is 0. The smallest absolute Gasteiger partial charge is 0.161 e. The Labute approximate surface area is 143 Å². The highest BCUT2D eigenvalue weighted by Gasteiger charge is 2.25. The Bertz CT molecular complexity index is 699. The molecule has 0 bridgehead atoms. The van der Waals surface area contributed by atoms with Crippen LogP contribution in [0.5, 0.6) is 11.5 Å². The van der Waals surface area contributed by atoms with Gasteiger partial charge in [-0.2, -0.15) is 0 Å². The van der Waals surface area contributed by atoms with Crippen LogP contribution in [0.1, 0.15) is 29.3 Å². The molecular formula is C20H23NO3. The number of carbonyl (C=O) groups is 1. The molecule has 2 aromatic carbocycles. The van der Waals surface area contributed by atoms with E-state index in [1.165, 1.54) is 5.56 Å². The van der Waals surface area contributed by atoms with Gasteiger partial charge in [0.05, 0.1) is 7.11 Å². The highest BCUT2D eigenvalue weighted by atomic mass is 16.5. The second-order valence-electron chi connectivity index (χ2n) is 6.17. The molecule has 1 saturated heterocycles. The summed E-state index contributed by atoms with van der Waals surface area (Å²) < 4.78 is 11.5. The van der Waals surface area contributed by atoms with E-state index < -0.39 is 0 Å². The summed E-state index contributed by atoms with van der Waals surface area (Å²) in [4.78, 5) is 13.9. The monoisotopic (exact) mass is 325 g/mol. The molecule has 1 unspecified atom stereocenters. The normalized spacial score (nSPS) is 17.7. The van der Waals surface area contributed by atoms with Crippen LogP contribution < -0.4 is 9.47 Å². The van der Waals surface area contributed by atoms with Crippen LogP contribution in [0.25, 0.3) is 0 Å². The summed E-state index contributed by atoms with van der Waals surface area (Å²) in [7, 11) is 1.60. The molecule has 4 nitrogen and oxygen atoms in total. The summed E-state index contributed by atoms with van der Waals surface area (Å²) in [6.07, 6.45) is 1.13. The lowest BCUT2D eigenvalue weighted by Gasteiger charge is -2.18. The Morgan fingerprint density at radius 2 is 1.96 bits per heavy atom. The van der Waals surface area contributed by atoms with Crippen LogP contribution in [0, 0.1) is 0 Å². The van der Waals surface area contributed by atoms with Crippen LogP contribution in [-0.2, 0) is 6.54 Å². The molecule has 0 amide bonds. The SMILES string of the molecule is COc1cc(C(C)=O)ccc1OC1CCN(Cc2ccccc2)C1. The number of benzene rings is 2. The first kappa shape index (κ1) is 16.5. The number of carbonyl (C=O) groups excluding carboxylic acids is 1. The standard InChI is InChI=1S/C20H23NO3/c1-15(22)17-8-9-19(20(12-17)23-2)24-18-10-11-21(14-18)13-16-6-4-3-5-7-16/h3-9,12,18H,10-11,13-14H2,1-2H3. The first-order chi connectivity index (χ1) is 11.7. The molecule has 126 valence electrons. The topological polar surface area (TPSA) is 38.8 Å². The Morgan fingerprint density at radius 1 is 1.17 bits per heavy atom. The molecule has 0 radical (unpaired) electrons. The van der Waals surface area contributed by atoms with E-state index in [2.05, 4.69) is 29.2 Å². The minimum Gasteiger partial charge on any atom is -0.493 e. The zero-order chi connectivity index (χ0) is 16.9. The van der Waals surface area contributed by atoms with Gasteiger partial charge in [-0.1, -0.05) is 30.3 Å². The molecule has 1 heterocycles. The third kappa shape index (κ3) is 3.95. The molecule has 0 N–H and O–H groups in total. The minimum atomic E-state index is 0.0229. The van der Waals surface area contributed by atoms with Gasteiger partial charge in [-0.15, -0.1) is 0 Å². The lowest BCUT2D eigenvalue weighted by molar-refractivity contribution is 0.101. The van der Waals surface area contributed by atoms with Crippen LogP contribution in [0.15, 0.2) is 48.5 Å². The average Bonchev–Trinajstić information content (AvgIpc) is 3.03. The highest BCUT2D eigenvalue weighted by Crippen LogP contribution is 2.30. The van der Waals surface area contributed by atoms with Crippen molar-refractivity contribution in [1.82, 2.24) is 4.90 Å². The van der Waals surface area contributed by atoms with Crippen LogP contribution in [0.2, 0.25) is 0 Å². The fourth-order valence-corrected chi connectivity index (χ4v) is 3.04. The fourth-order valence-electron chi connectivity index (χ4n) is 3.04. The number of Topliss-reactive ketones (excluding diaryl/α,β-unsaturated/α-hetero) is 1. The maximum absolute atomic E-state index is 11.5. The molecule has 3 rings (SSSR count). The van der Waals surface area contributed by atoms with Crippen LogP contribution in [-0.4, -0.2) is 37.0 Å². The van der Waals surface area contributed by atoms with E-state index in [4.69, 9.17) is 9.47 Å². The zero-order valence-electron chi connectivity index (χ0n) is 14.2. The zero-order valence-corrected chi connectivity index (χ0v) is 14.2. The number of likely N-dealkylation sites (tertiary alicyclic amines) is 1. The number of methoxy groups -OCH3 is 1. The van der Waals surface area contributed by atoms with Gasteiger partial charge in [-0.25, -0.2) is 0 Å². The number of ketones is 1. The van der Waals surface area contributed by atoms with Crippen molar-refractivity contribution >= 4 is 5.78 Å². The van der Waals surface area contributed by atoms with Crippen molar-refractivity contribution < 1.29 is 14.3 Å². The lowest BCUT2D eigenvalue weighted by atomic mass is 10.1. The molecule has 2 aromatic rings. The van der Waals surface area contributed by atoms with E-state index in [0.717, 1.165) is 26.1 Å². The van der Waals surface area contributed by atoms with E-state index >= 15 is 0 Å². The Balaban J connectivity index is 1.62. The van der Waals surface area contributed by atoms with Gasteiger partial charge in [0.1, 0.15) is 6.10 Å². The van der Waals surface area contributed by atoms with E-state index in [0.29, 0.717) is 17.1 Å². The maximum atomic E-state index is 11.5. The third-order valence-electron chi connectivity index (χ3n) is 4.34. The molecular weight excluding hydrogens is 302 g/mol. The molecule has 1 fully saturated rings. The lowest BCUT2D eigenvalue weighted by Crippen LogP contribution is -2.24. The van der Waals surface area contributed by atoms with Crippen molar-refractivity contribution in [1.29, 1.82) is 0 Å². The summed E-state index contributed by atoms with van der Waals surface area (Å²) in [5.74, 6) is 1.34. The van der Waals surface area contributed by atoms with E-state index in [1.807, 2.05) is 12.1 Å².